The van der Waals surface area contributed by atoms with E-state index in [4.69, 9.17) is 17.3 Å². The molecule has 3 nitrogen and oxygen atoms in total. The van der Waals surface area contributed by atoms with Crippen molar-refractivity contribution in [3.63, 3.8) is 0 Å². The molecular formula is C11H9BrClN3. The Balaban J connectivity index is 2.35. The van der Waals surface area contributed by atoms with Crippen LogP contribution >= 0.6 is 27.5 Å². The van der Waals surface area contributed by atoms with Crippen LogP contribution in [0.1, 0.15) is 0 Å². The number of benzene rings is 1. The van der Waals surface area contributed by atoms with Crippen LogP contribution < -0.4 is 11.1 Å². The highest BCUT2D eigenvalue weighted by Crippen LogP contribution is 2.32. The van der Waals surface area contributed by atoms with Crippen LogP contribution in [0.15, 0.2) is 41.0 Å². The average molecular weight is 299 g/mol. The summed E-state index contributed by atoms with van der Waals surface area (Å²) in [6, 6.07) is 9.25. The summed E-state index contributed by atoms with van der Waals surface area (Å²) in [4.78, 5) is 3.99. The molecule has 0 unspecified atom stereocenters. The molecule has 2 rings (SSSR count). The van der Waals surface area contributed by atoms with E-state index >= 15 is 0 Å². The zero-order valence-corrected chi connectivity index (χ0v) is 10.6. The van der Waals surface area contributed by atoms with Gasteiger partial charge in [0, 0.05) is 6.20 Å². The van der Waals surface area contributed by atoms with Crippen LogP contribution in [0.5, 0.6) is 0 Å². The molecule has 1 aromatic carbocycles. The Morgan fingerprint density at radius 1 is 1.19 bits per heavy atom. The Kier molecular flexibility index (Phi) is 3.31. The molecule has 1 heterocycles. The summed E-state index contributed by atoms with van der Waals surface area (Å²) in [6.45, 7) is 0. The number of pyridine rings is 1. The molecule has 0 spiro atoms. The molecule has 0 aliphatic carbocycles. The Bertz CT molecular complexity index is 516. The molecular weight excluding hydrogens is 289 g/mol. The van der Waals surface area contributed by atoms with Crippen LogP contribution in [-0.2, 0) is 0 Å². The lowest BCUT2D eigenvalue weighted by Crippen LogP contribution is -1.98. The van der Waals surface area contributed by atoms with Crippen molar-refractivity contribution in [1.29, 1.82) is 0 Å². The second-order valence-electron chi connectivity index (χ2n) is 3.16. The van der Waals surface area contributed by atoms with E-state index in [2.05, 4.69) is 26.2 Å². The van der Waals surface area contributed by atoms with Gasteiger partial charge in [0.1, 0.15) is 5.82 Å². The topological polar surface area (TPSA) is 50.9 Å². The maximum atomic E-state index is 5.99. The molecule has 1 aromatic heterocycles. The van der Waals surface area contributed by atoms with Gasteiger partial charge in [-0.3, -0.25) is 0 Å². The maximum absolute atomic E-state index is 5.99. The number of nitrogen functional groups attached to an aromatic ring is 1. The minimum absolute atomic E-state index is 0.453. The number of halogens is 2. The van der Waals surface area contributed by atoms with Gasteiger partial charge in [-0.15, -0.1) is 0 Å². The Labute approximate surface area is 107 Å². The van der Waals surface area contributed by atoms with Gasteiger partial charge in [-0.2, -0.15) is 0 Å². The van der Waals surface area contributed by atoms with Crippen LogP contribution in [0, 0.1) is 0 Å². The van der Waals surface area contributed by atoms with Gasteiger partial charge < -0.3 is 11.1 Å². The molecule has 2 aromatic rings. The summed E-state index contributed by atoms with van der Waals surface area (Å²) in [7, 11) is 0. The first kappa shape index (κ1) is 11.2. The molecule has 0 saturated carbocycles. The molecule has 16 heavy (non-hydrogen) atoms. The largest absolute Gasteiger partial charge is 0.382 e. The SMILES string of the molecule is Nc1ncccc1Nc1cccc(Cl)c1Br. The zero-order valence-electron chi connectivity index (χ0n) is 8.24. The summed E-state index contributed by atoms with van der Waals surface area (Å²) >= 11 is 9.39. The van der Waals surface area contributed by atoms with E-state index in [0.717, 1.165) is 15.8 Å². The predicted molar refractivity (Wildman–Crippen MR) is 71.1 cm³/mol. The van der Waals surface area contributed by atoms with Crippen LogP contribution in [0.4, 0.5) is 17.2 Å². The molecule has 0 amide bonds. The molecule has 5 heteroatoms. The highest BCUT2D eigenvalue weighted by molar-refractivity contribution is 9.10. The van der Waals surface area contributed by atoms with Crippen molar-refractivity contribution in [3.05, 3.63) is 46.0 Å². The van der Waals surface area contributed by atoms with Crippen LogP contribution in [0.2, 0.25) is 5.02 Å². The van der Waals surface area contributed by atoms with Gasteiger partial charge in [0.15, 0.2) is 0 Å². The van der Waals surface area contributed by atoms with Gasteiger partial charge in [0.2, 0.25) is 0 Å². The van der Waals surface area contributed by atoms with Gasteiger partial charge >= 0.3 is 0 Å². The number of rotatable bonds is 2. The first-order valence-corrected chi connectivity index (χ1v) is 5.77. The quantitative estimate of drug-likeness (QED) is 0.886. The number of aromatic nitrogens is 1. The van der Waals surface area contributed by atoms with E-state index in [1.54, 1.807) is 6.20 Å². The highest BCUT2D eigenvalue weighted by atomic mass is 79.9. The third kappa shape index (κ3) is 2.28. The number of hydrogen-bond acceptors (Lipinski definition) is 3. The third-order valence-corrected chi connectivity index (χ3v) is 3.46. The van der Waals surface area contributed by atoms with E-state index < -0.39 is 0 Å². The van der Waals surface area contributed by atoms with Crippen LogP contribution in [-0.4, -0.2) is 4.98 Å². The van der Waals surface area contributed by atoms with Crippen LogP contribution in [0.25, 0.3) is 0 Å². The van der Waals surface area contributed by atoms with E-state index in [1.165, 1.54) is 0 Å². The maximum Gasteiger partial charge on any atom is 0.147 e. The van der Waals surface area contributed by atoms with Crippen molar-refractivity contribution in [2.75, 3.05) is 11.1 Å². The van der Waals surface area contributed by atoms with Crippen molar-refractivity contribution in [3.8, 4) is 0 Å². The van der Waals surface area contributed by atoms with Crippen LogP contribution in [0.3, 0.4) is 0 Å². The molecule has 0 aliphatic heterocycles. The molecule has 3 N–H and O–H groups in total. The fraction of sp³-hybridized carbons (Fsp3) is 0. The average Bonchev–Trinajstić information content (AvgIpc) is 2.28. The fourth-order valence-electron chi connectivity index (χ4n) is 1.27. The monoisotopic (exact) mass is 297 g/mol. The predicted octanol–water partition coefficient (Wildman–Crippen LogP) is 3.82. The Hall–Kier alpha value is -1.26. The molecule has 0 radical (unpaired) electrons. The summed E-state index contributed by atoms with van der Waals surface area (Å²) in [5, 5.41) is 3.81. The van der Waals surface area contributed by atoms with E-state index in [-0.39, 0.29) is 0 Å². The Morgan fingerprint density at radius 3 is 2.69 bits per heavy atom. The number of nitrogens with one attached hydrogen (secondary N) is 1. The number of nitrogens with two attached hydrogens (primary N) is 1. The summed E-state index contributed by atoms with van der Waals surface area (Å²) in [5.74, 6) is 0.453. The number of nitrogens with zero attached hydrogens (tertiary/aromatic N) is 1. The lowest BCUT2D eigenvalue weighted by atomic mass is 10.3. The van der Waals surface area contributed by atoms with Gasteiger partial charge in [-0.05, 0) is 40.2 Å². The molecule has 0 atom stereocenters. The van der Waals surface area contributed by atoms with Crippen molar-refractivity contribution in [2.24, 2.45) is 0 Å². The standard InChI is InChI=1S/C11H9BrClN3/c12-10-7(13)3-1-4-8(10)16-9-5-2-6-15-11(9)14/h1-6,16H,(H2,14,15). The highest BCUT2D eigenvalue weighted by Gasteiger charge is 2.05. The molecule has 0 saturated heterocycles. The lowest BCUT2D eigenvalue weighted by Gasteiger charge is -2.10. The number of anilines is 3. The number of hydrogen-bond donors (Lipinski definition) is 2. The van der Waals surface area contributed by atoms with Gasteiger partial charge in [0.25, 0.3) is 0 Å². The smallest absolute Gasteiger partial charge is 0.147 e. The van der Waals surface area contributed by atoms with E-state index in [1.807, 2.05) is 30.3 Å². The summed E-state index contributed by atoms with van der Waals surface area (Å²) in [5.41, 5.74) is 7.34. The summed E-state index contributed by atoms with van der Waals surface area (Å²) < 4.78 is 0.805. The second-order valence-corrected chi connectivity index (χ2v) is 4.36. The van der Waals surface area contributed by atoms with Gasteiger partial charge in [-0.1, -0.05) is 17.7 Å². The minimum Gasteiger partial charge on any atom is -0.382 e. The molecule has 0 bridgehead atoms. The minimum atomic E-state index is 0.453. The second kappa shape index (κ2) is 4.72. The fourth-order valence-corrected chi connectivity index (χ4v) is 1.81. The zero-order chi connectivity index (χ0) is 11.5. The van der Waals surface area contributed by atoms with E-state index in [0.29, 0.717) is 10.8 Å². The normalized spacial score (nSPS) is 10.1. The van der Waals surface area contributed by atoms with Crippen molar-refractivity contribution in [1.82, 2.24) is 4.98 Å². The first-order valence-electron chi connectivity index (χ1n) is 4.60. The molecule has 82 valence electrons. The molecule has 0 fully saturated rings. The lowest BCUT2D eigenvalue weighted by molar-refractivity contribution is 1.33. The third-order valence-electron chi connectivity index (χ3n) is 2.06. The molecule has 0 aliphatic rings. The van der Waals surface area contributed by atoms with E-state index in [9.17, 15) is 0 Å². The van der Waals surface area contributed by atoms with Gasteiger partial charge in [0.05, 0.1) is 20.9 Å². The van der Waals surface area contributed by atoms with Crippen molar-refractivity contribution < 1.29 is 0 Å². The Morgan fingerprint density at radius 2 is 1.94 bits per heavy atom. The van der Waals surface area contributed by atoms with Gasteiger partial charge in [-0.25, -0.2) is 4.98 Å². The van der Waals surface area contributed by atoms with Crippen molar-refractivity contribution >= 4 is 44.7 Å². The summed E-state index contributed by atoms with van der Waals surface area (Å²) in [6.07, 6.45) is 1.65. The van der Waals surface area contributed by atoms with Crippen molar-refractivity contribution in [2.45, 2.75) is 0 Å². The first-order chi connectivity index (χ1) is 7.68.